The maximum absolute atomic E-state index is 13.6. The van der Waals surface area contributed by atoms with Gasteiger partial charge in [0.05, 0.1) is 22.4 Å². The highest BCUT2D eigenvalue weighted by molar-refractivity contribution is 8.00. The van der Waals surface area contributed by atoms with Gasteiger partial charge in [0.25, 0.3) is 0 Å². The number of fused-ring (bicyclic) bond motifs is 1. The quantitative estimate of drug-likeness (QED) is 0.627. The summed E-state index contributed by atoms with van der Waals surface area (Å²) in [7, 11) is 0. The molecule has 3 aromatic rings. The van der Waals surface area contributed by atoms with Crippen LogP contribution in [0, 0.1) is 5.82 Å². The van der Waals surface area contributed by atoms with Crippen molar-refractivity contribution in [3.63, 3.8) is 0 Å². The van der Waals surface area contributed by atoms with Crippen molar-refractivity contribution in [1.29, 1.82) is 0 Å². The number of H-pyrrole nitrogens is 2. The van der Waals surface area contributed by atoms with Crippen molar-refractivity contribution in [2.75, 3.05) is 4.72 Å². The Morgan fingerprint density at radius 1 is 1.45 bits per heavy atom. The summed E-state index contributed by atoms with van der Waals surface area (Å²) in [4.78, 5) is 10.4. The lowest BCUT2D eigenvalue weighted by Gasteiger charge is -2.06. The van der Waals surface area contributed by atoms with Crippen LogP contribution < -0.4 is 4.72 Å². The number of anilines is 1. The number of nitrogens with zero attached hydrogens (tertiary/aromatic N) is 1. The molecule has 20 heavy (non-hydrogen) atoms. The van der Waals surface area contributed by atoms with E-state index in [1.54, 1.807) is 12.4 Å². The third-order valence-electron chi connectivity index (χ3n) is 2.91. The number of imidazole rings is 1. The molecular weight excluding hydrogens is 299 g/mol. The Kier molecular flexibility index (Phi) is 3.58. The Labute approximate surface area is 124 Å². The smallest absolute Gasteiger partial charge is 0.126 e. The van der Waals surface area contributed by atoms with Crippen LogP contribution in [0.1, 0.15) is 12.7 Å². The molecule has 3 N–H and O–H groups in total. The standard InChI is InChI=1S/C13H12ClFN4S/c1-2-11-16-6-12(18-11)20-19-10-4-7(15)3-8-9(14)5-17-13(8)10/h3-6,17,19H,2H2,1H3,(H,16,18). The highest BCUT2D eigenvalue weighted by Crippen LogP contribution is 2.32. The van der Waals surface area contributed by atoms with Gasteiger partial charge in [0.15, 0.2) is 0 Å². The van der Waals surface area contributed by atoms with Gasteiger partial charge in [-0.05, 0) is 12.1 Å². The van der Waals surface area contributed by atoms with Crippen LogP contribution in [0.25, 0.3) is 10.9 Å². The minimum atomic E-state index is -0.332. The largest absolute Gasteiger partial charge is 0.358 e. The van der Waals surface area contributed by atoms with E-state index in [1.807, 2.05) is 6.92 Å². The van der Waals surface area contributed by atoms with Crippen molar-refractivity contribution in [3.8, 4) is 0 Å². The number of benzene rings is 1. The molecule has 0 fully saturated rings. The van der Waals surface area contributed by atoms with Crippen molar-refractivity contribution < 1.29 is 4.39 Å². The first-order chi connectivity index (χ1) is 9.67. The Bertz CT molecular complexity index is 752. The molecule has 0 saturated carbocycles. The molecule has 0 amide bonds. The van der Waals surface area contributed by atoms with Crippen molar-refractivity contribution in [1.82, 2.24) is 15.0 Å². The Hall–Kier alpha value is -1.66. The van der Waals surface area contributed by atoms with Crippen molar-refractivity contribution >= 4 is 40.1 Å². The van der Waals surface area contributed by atoms with Gasteiger partial charge < -0.3 is 14.7 Å². The second-order valence-corrected chi connectivity index (χ2v) is 5.52. The van der Waals surface area contributed by atoms with Crippen LogP contribution in [-0.2, 0) is 6.42 Å². The van der Waals surface area contributed by atoms with Crippen molar-refractivity contribution in [2.45, 2.75) is 18.4 Å². The minimum absolute atomic E-state index is 0.332. The summed E-state index contributed by atoms with van der Waals surface area (Å²) in [5.74, 6) is 0.586. The number of aromatic nitrogens is 3. The number of halogens is 2. The highest BCUT2D eigenvalue weighted by atomic mass is 35.5. The molecule has 0 radical (unpaired) electrons. The predicted molar refractivity (Wildman–Crippen MR) is 80.7 cm³/mol. The second kappa shape index (κ2) is 5.38. The van der Waals surface area contributed by atoms with Gasteiger partial charge in [-0.3, -0.25) is 0 Å². The monoisotopic (exact) mass is 310 g/mol. The molecule has 3 rings (SSSR count). The highest BCUT2D eigenvalue weighted by Gasteiger charge is 2.10. The molecule has 4 nitrogen and oxygen atoms in total. The van der Waals surface area contributed by atoms with E-state index in [1.165, 1.54) is 24.1 Å². The summed E-state index contributed by atoms with van der Waals surface area (Å²) in [5, 5.41) is 2.04. The van der Waals surface area contributed by atoms with Gasteiger partial charge >= 0.3 is 0 Å². The van der Waals surface area contributed by atoms with E-state index in [-0.39, 0.29) is 5.82 Å². The zero-order chi connectivity index (χ0) is 14.1. The van der Waals surface area contributed by atoms with Gasteiger partial charge in [-0.2, -0.15) is 0 Å². The third kappa shape index (κ3) is 2.48. The number of nitrogens with one attached hydrogen (secondary N) is 3. The second-order valence-electron chi connectivity index (χ2n) is 4.26. The number of aromatic amines is 2. The van der Waals surface area contributed by atoms with E-state index >= 15 is 0 Å². The lowest BCUT2D eigenvalue weighted by molar-refractivity contribution is 0.630. The first-order valence-corrected chi connectivity index (χ1v) is 7.29. The summed E-state index contributed by atoms with van der Waals surface area (Å²) < 4.78 is 16.7. The molecule has 1 aromatic carbocycles. The van der Waals surface area contributed by atoms with Gasteiger partial charge in [-0.1, -0.05) is 18.5 Å². The number of hydrogen-bond donors (Lipinski definition) is 3. The SMILES string of the molecule is CCc1ncc(SNc2cc(F)cc3c(Cl)c[nH]c23)[nH]1. The first kappa shape index (κ1) is 13.3. The molecule has 0 saturated heterocycles. The van der Waals surface area contributed by atoms with Crippen LogP contribution in [-0.4, -0.2) is 15.0 Å². The molecule has 0 atom stereocenters. The molecule has 0 aliphatic carbocycles. The van der Waals surface area contributed by atoms with E-state index in [0.717, 1.165) is 22.8 Å². The molecule has 0 bridgehead atoms. The van der Waals surface area contributed by atoms with Crippen LogP contribution in [0.4, 0.5) is 10.1 Å². The van der Waals surface area contributed by atoms with Crippen LogP contribution >= 0.6 is 23.5 Å². The summed E-state index contributed by atoms with van der Waals surface area (Å²) >= 11 is 7.35. The zero-order valence-corrected chi connectivity index (χ0v) is 12.2. The summed E-state index contributed by atoms with van der Waals surface area (Å²) in [6.45, 7) is 2.03. The molecule has 0 aliphatic rings. The number of rotatable bonds is 4. The molecule has 0 aliphatic heterocycles. The van der Waals surface area contributed by atoms with E-state index in [9.17, 15) is 4.39 Å². The Morgan fingerprint density at radius 3 is 3.05 bits per heavy atom. The maximum atomic E-state index is 13.6. The predicted octanol–water partition coefficient (Wildman–Crippen LogP) is 4.37. The van der Waals surface area contributed by atoms with E-state index in [2.05, 4.69) is 19.7 Å². The minimum Gasteiger partial charge on any atom is -0.358 e. The Balaban J connectivity index is 1.86. The van der Waals surface area contributed by atoms with Crippen molar-refractivity contribution in [2.24, 2.45) is 0 Å². The molecule has 2 aromatic heterocycles. The van der Waals surface area contributed by atoms with Crippen molar-refractivity contribution in [3.05, 3.63) is 41.2 Å². The summed E-state index contributed by atoms with van der Waals surface area (Å²) in [6.07, 6.45) is 4.23. The Morgan fingerprint density at radius 2 is 2.30 bits per heavy atom. The van der Waals surface area contributed by atoms with Crippen LogP contribution in [0.5, 0.6) is 0 Å². The summed E-state index contributed by atoms with van der Waals surface area (Å²) in [5.41, 5.74) is 1.42. The normalized spacial score (nSPS) is 11.2. The van der Waals surface area contributed by atoms with Gasteiger partial charge in [0.2, 0.25) is 0 Å². The average Bonchev–Trinajstić information content (AvgIpc) is 3.04. The molecule has 0 unspecified atom stereocenters. The van der Waals surface area contributed by atoms with Crippen LogP contribution in [0.3, 0.4) is 0 Å². The van der Waals surface area contributed by atoms with Gasteiger partial charge in [0, 0.05) is 30.0 Å². The van der Waals surface area contributed by atoms with E-state index in [0.29, 0.717) is 16.1 Å². The summed E-state index contributed by atoms with van der Waals surface area (Å²) in [6, 6.07) is 2.84. The van der Waals surface area contributed by atoms with E-state index < -0.39 is 0 Å². The molecule has 2 heterocycles. The number of hydrogen-bond acceptors (Lipinski definition) is 3. The molecule has 0 spiro atoms. The van der Waals surface area contributed by atoms with Crippen LogP contribution in [0.2, 0.25) is 5.02 Å². The fourth-order valence-corrected chi connectivity index (χ4v) is 2.79. The maximum Gasteiger partial charge on any atom is 0.126 e. The third-order valence-corrected chi connectivity index (χ3v) is 3.98. The fraction of sp³-hybridized carbons (Fsp3) is 0.154. The lowest BCUT2D eigenvalue weighted by Crippen LogP contribution is -1.90. The molecule has 7 heteroatoms. The number of aryl methyl sites for hydroxylation is 1. The molecule has 104 valence electrons. The first-order valence-electron chi connectivity index (χ1n) is 6.10. The molecular formula is C13H12ClFN4S. The van der Waals surface area contributed by atoms with Crippen LogP contribution in [0.15, 0.2) is 29.6 Å². The average molecular weight is 311 g/mol. The van der Waals surface area contributed by atoms with Gasteiger partial charge in [-0.25, -0.2) is 9.37 Å². The van der Waals surface area contributed by atoms with Gasteiger partial charge in [0.1, 0.15) is 16.7 Å². The zero-order valence-electron chi connectivity index (χ0n) is 10.6. The topological polar surface area (TPSA) is 56.5 Å². The lowest BCUT2D eigenvalue weighted by atomic mass is 10.2. The fourth-order valence-electron chi connectivity index (χ4n) is 1.93. The van der Waals surface area contributed by atoms with Gasteiger partial charge in [-0.15, -0.1) is 0 Å². The van der Waals surface area contributed by atoms with E-state index in [4.69, 9.17) is 11.6 Å².